The van der Waals surface area contributed by atoms with Gasteiger partial charge in [0.05, 0.1) is 7.57 Å². The third kappa shape index (κ3) is 2.97. The summed E-state index contributed by atoms with van der Waals surface area (Å²) in [4.78, 5) is 0. The molecule has 0 radical (unpaired) electrons. The zero-order valence-corrected chi connectivity index (χ0v) is 14.4. The summed E-state index contributed by atoms with van der Waals surface area (Å²) < 4.78 is 2.26. The van der Waals surface area contributed by atoms with Crippen molar-refractivity contribution >= 4 is 43.2 Å². The average Bonchev–Trinajstić information content (AvgIpc) is 2.94. The Balaban J connectivity index is 1.79. The molecular formula is C15H15Br2NS. The van der Waals surface area contributed by atoms with Crippen LogP contribution in [-0.4, -0.2) is 0 Å². The molecule has 1 aromatic carbocycles. The highest BCUT2D eigenvalue weighted by Crippen LogP contribution is 2.36. The third-order valence-corrected chi connectivity index (χ3v) is 6.09. The van der Waals surface area contributed by atoms with Gasteiger partial charge in [-0.1, -0.05) is 18.2 Å². The maximum absolute atomic E-state index is 6.34. The van der Waals surface area contributed by atoms with Crippen molar-refractivity contribution in [1.29, 1.82) is 0 Å². The first-order valence-corrected chi connectivity index (χ1v) is 8.85. The molecule has 0 spiro atoms. The van der Waals surface area contributed by atoms with Crippen LogP contribution < -0.4 is 5.73 Å². The Kier molecular flexibility index (Phi) is 4.13. The number of rotatable bonds is 3. The lowest BCUT2D eigenvalue weighted by molar-refractivity contribution is 0.721. The van der Waals surface area contributed by atoms with E-state index in [0.29, 0.717) is 0 Å². The van der Waals surface area contributed by atoms with Gasteiger partial charge in [-0.2, -0.15) is 0 Å². The van der Waals surface area contributed by atoms with Crippen LogP contribution >= 0.6 is 43.2 Å². The lowest BCUT2D eigenvalue weighted by Crippen LogP contribution is -2.13. The summed E-state index contributed by atoms with van der Waals surface area (Å²) in [6, 6.07) is 9.03. The van der Waals surface area contributed by atoms with Gasteiger partial charge in [0.15, 0.2) is 0 Å². The molecule has 1 aliphatic rings. The fourth-order valence-corrected chi connectivity index (χ4v) is 5.72. The van der Waals surface area contributed by atoms with E-state index in [4.69, 9.17) is 5.73 Å². The minimum atomic E-state index is 0.0522. The second kappa shape index (κ2) is 5.68. The van der Waals surface area contributed by atoms with Crippen molar-refractivity contribution in [1.82, 2.24) is 0 Å². The van der Waals surface area contributed by atoms with Crippen molar-refractivity contribution in [2.24, 2.45) is 5.73 Å². The van der Waals surface area contributed by atoms with Crippen LogP contribution in [-0.2, 0) is 19.3 Å². The first-order chi connectivity index (χ1) is 9.13. The van der Waals surface area contributed by atoms with Crippen LogP contribution in [0.2, 0.25) is 0 Å². The largest absolute Gasteiger partial charge is 0.324 e. The van der Waals surface area contributed by atoms with E-state index in [-0.39, 0.29) is 6.04 Å². The topological polar surface area (TPSA) is 26.0 Å². The monoisotopic (exact) mass is 399 g/mol. The minimum Gasteiger partial charge on any atom is -0.324 e. The zero-order chi connectivity index (χ0) is 13.4. The van der Waals surface area contributed by atoms with Gasteiger partial charge in [-0.05, 0) is 85.9 Å². The van der Waals surface area contributed by atoms with Crippen LogP contribution in [0.5, 0.6) is 0 Å². The van der Waals surface area contributed by atoms with E-state index in [9.17, 15) is 0 Å². The molecule has 0 aliphatic heterocycles. The SMILES string of the molecule is NC(Cc1ccc2c(c1)CCC2)c1cc(Br)sc1Br. The van der Waals surface area contributed by atoms with Crippen LogP contribution in [0.3, 0.4) is 0 Å². The van der Waals surface area contributed by atoms with Gasteiger partial charge in [0.1, 0.15) is 0 Å². The Morgan fingerprint density at radius 1 is 1.16 bits per heavy atom. The van der Waals surface area contributed by atoms with Crippen molar-refractivity contribution in [2.45, 2.75) is 31.7 Å². The summed E-state index contributed by atoms with van der Waals surface area (Å²) in [7, 11) is 0. The van der Waals surface area contributed by atoms with Gasteiger partial charge in [0, 0.05) is 6.04 Å². The average molecular weight is 401 g/mol. The highest BCUT2D eigenvalue weighted by Gasteiger charge is 2.16. The second-order valence-corrected chi connectivity index (χ2v) is 8.80. The number of halogens is 2. The van der Waals surface area contributed by atoms with E-state index >= 15 is 0 Å². The highest BCUT2D eigenvalue weighted by molar-refractivity contribution is 9.12. The predicted molar refractivity (Wildman–Crippen MR) is 88.8 cm³/mol. The Labute approximate surface area is 134 Å². The summed E-state index contributed by atoms with van der Waals surface area (Å²) in [6.07, 6.45) is 4.67. The summed E-state index contributed by atoms with van der Waals surface area (Å²) in [5.74, 6) is 0. The number of nitrogens with two attached hydrogens (primary N) is 1. The van der Waals surface area contributed by atoms with Crippen LogP contribution in [0.1, 0.15) is 34.7 Å². The molecule has 0 bridgehead atoms. The third-order valence-electron chi connectivity index (χ3n) is 3.70. The van der Waals surface area contributed by atoms with Crippen LogP contribution in [0.4, 0.5) is 0 Å². The van der Waals surface area contributed by atoms with Gasteiger partial charge >= 0.3 is 0 Å². The minimum absolute atomic E-state index is 0.0522. The molecule has 2 N–H and O–H groups in total. The Hall–Kier alpha value is -0.160. The normalized spacial score (nSPS) is 15.5. The number of hydrogen-bond donors (Lipinski definition) is 1. The summed E-state index contributed by atoms with van der Waals surface area (Å²) in [6.45, 7) is 0. The summed E-state index contributed by atoms with van der Waals surface area (Å²) in [5, 5.41) is 0. The maximum atomic E-state index is 6.34. The van der Waals surface area contributed by atoms with Gasteiger partial charge in [-0.15, -0.1) is 11.3 Å². The Bertz CT molecular complexity index is 606. The zero-order valence-electron chi connectivity index (χ0n) is 10.5. The van der Waals surface area contributed by atoms with Gasteiger partial charge in [-0.3, -0.25) is 0 Å². The lowest BCUT2D eigenvalue weighted by atomic mass is 9.99. The van der Waals surface area contributed by atoms with E-state index in [2.05, 4.69) is 56.1 Å². The molecule has 0 saturated heterocycles. The fourth-order valence-electron chi connectivity index (χ4n) is 2.72. The second-order valence-electron chi connectivity index (χ2n) is 5.05. The number of fused-ring (bicyclic) bond motifs is 1. The van der Waals surface area contributed by atoms with Crippen molar-refractivity contribution in [3.05, 3.63) is 54.1 Å². The van der Waals surface area contributed by atoms with Crippen LogP contribution in [0.25, 0.3) is 0 Å². The van der Waals surface area contributed by atoms with Gasteiger partial charge in [-0.25, -0.2) is 0 Å². The van der Waals surface area contributed by atoms with Gasteiger partial charge in [0.25, 0.3) is 0 Å². The first-order valence-electron chi connectivity index (χ1n) is 6.44. The van der Waals surface area contributed by atoms with E-state index in [0.717, 1.165) is 14.0 Å². The molecule has 0 amide bonds. The highest BCUT2D eigenvalue weighted by atomic mass is 79.9. The van der Waals surface area contributed by atoms with Gasteiger partial charge in [0.2, 0.25) is 0 Å². The number of thiophene rings is 1. The molecule has 1 heterocycles. The smallest absolute Gasteiger partial charge is 0.0758 e. The standard InChI is InChI=1S/C15H15Br2NS/c16-14-8-12(15(17)19-14)13(18)7-9-4-5-10-2-1-3-11(10)6-9/h4-6,8,13H,1-3,7,18H2. The molecule has 3 rings (SSSR count). The molecular weight excluding hydrogens is 386 g/mol. The number of hydrogen-bond acceptors (Lipinski definition) is 2. The molecule has 4 heteroatoms. The molecule has 100 valence electrons. The van der Waals surface area contributed by atoms with E-state index in [1.165, 1.54) is 41.5 Å². The van der Waals surface area contributed by atoms with E-state index in [1.807, 2.05) is 0 Å². The number of aryl methyl sites for hydroxylation is 2. The molecule has 0 fully saturated rings. The molecule has 2 aromatic rings. The van der Waals surface area contributed by atoms with E-state index < -0.39 is 0 Å². The van der Waals surface area contributed by atoms with E-state index in [1.54, 1.807) is 11.3 Å². The molecule has 19 heavy (non-hydrogen) atoms. The molecule has 0 saturated carbocycles. The lowest BCUT2D eigenvalue weighted by Gasteiger charge is -2.12. The van der Waals surface area contributed by atoms with Crippen LogP contribution in [0.15, 0.2) is 31.8 Å². The first kappa shape index (κ1) is 13.8. The molecule has 1 unspecified atom stereocenters. The Morgan fingerprint density at radius 3 is 2.68 bits per heavy atom. The fraction of sp³-hybridized carbons (Fsp3) is 0.333. The number of benzene rings is 1. The van der Waals surface area contributed by atoms with Crippen molar-refractivity contribution in [3.8, 4) is 0 Å². The van der Waals surface area contributed by atoms with Crippen molar-refractivity contribution in [3.63, 3.8) is 0 Å². The van der Waals surface area contributed by atoms with Crippen molar-refractivity contribution < 1.29 is 0 Å². The summed E-state index contributed by atoms with van der Waals surface area (Å²) in [5.41, 5.74) is 11.9. The quantitative estimate of drug-likeness (QED) is 0.770. The van der Waals surface area contributed by atoms with Crippen molar-refractivity contribution in [2.75, 3.05) is 0 Å². The van der Waals surface area contributed by atoms with Gasteiger partial charge < -0.3 is 5.73 Å². The molecule has 1 aliphatic carbocycles. The predicted octanol–water partition coefficient (Wildman–Crippen LogP) is 5.00. The van der Waals surface area contributed by atoms with Crippen LogP contribution in [0, 0.1) is 0 Å². The molecule has 1 nitrogen and oxygen atoms in total. The maximum Gasteiger partial charge on any atom is 0.0758 e. The summed E-state index contributed by atoms with van der Waals surface area (Å²) >= 11 is 8.78. The molecule has 1 atom stereocenters. The molecule has 1 aromatic heterocycles. The Morgan fingerprint density at radius 2 is 1.95 bits per heavy atom.